The van der Waals surface area contributed by atoms with Gasteiger partial charge < -0.3 is 19.7 Å². The van der Waals surface area contributed by atoms with Crippen LogP contribution in [0.25, 0.3) is 0 Å². The fraction of sp³-hybridized carbons (Fsp3) is 0.350. The summed E-state index contributed by atoms with van der Waals surface area (Å²) in [4.78, 5) is 17.7. The Morgan fingerprint density at radius 3 is 2.52 bits per heavy atom. The quantitative estimate of drug-likeness (QED) is 0.769. The van der Waals surface area contributed by atoms with Gasteiger partial charge in [-0.3, -0.25) is 4.79 Å². The van der Waals surface area contributed by atoms with Crippen LogP contribution >= 0.6 is 0 Å². The highest BCUT2D eigenvalue weighted by atomic mass is 19.3. The summed E-state index contributed by atoms with van der Waals surface area (Å²) in [7, 11) is 1.64. The molecule has 0 spiro atoms. The highest BCUT2D eigenvalue weighted by molar-refractivity contribution is 5.78. The molecule has 144 valence electrons. The molecular formula is C20H23FN2O4. The number of rotatable bonds is 8. The maximum atomic E-state index is 12.4. The van der Waals surface area contributed by atoms with Gasteiger partial charge in [0.15, 0.2) is 6.61 Å². The van der Waals surface area contributed by atoms with E-state index >= 15 is 0 Å². The first-order valence-electron chi connectivity index (χ1n) is 8.81. The lowest BCUT2D eigenvalue weighted by Crippen LogP contribution is -2.34. The van der Waals surface area contributed by atoms with Gasteiger partial charge in [-0.1, -0.05) is 12.1 Å². The van der Waals surface area contributed by atoms with Crippen molar-refractivity contribution in [1.82, 2.24) is 4.90 Å². The summed E-state index contributed by atoms with van der Waals surface area (Å²) in [6.45, 7) is 1.22. The Hall–Kier alpha value is -2.80. The van der Waals surface area contributed by atoms with E-state index in [0.717, 1.165) is 17.9 Å². The highest BCUT2D eigenvalue weighted by Gasteiger charge is 2.26. The molecule has 0 aliphatic carbocycles. The van der Waals surface area contributed by atoms with Gasteiger partial charge in [-0.2, -0.15) is 4.94 Å². The van der Waals surface area contributed by atoms with E-state index in [1.807, 2.05) is 24.3 Å². The van der Waals surface area contributed by atoms with Crippen molar-refractivity contribution in [3.05, 3.63) is 54.1 Å². The van der Waals surface area contributed by atoms with E-state index < -0.39 is 0 Å². The first-order valence-corrected chi connectivity index (χ1v) is 8.81. The van der Waals surface area contributed by atoms with Gasteiger partial charge in [-0.15, -0.1) is 0 Å². The van der Waals surface area contributed by atoms with Crippen LogP contribution in [0.2, 0.25) is 0 Å². The van der Waals surface area contributed by atoms with E-state index in [0.29, 0.717) is 24.4 Å². The molecule has 1 fully saturated rings. The van der Waals surface area contributed by atoms with E-state index in [1.165, 1.54) is 0 Å². The molecule has 1 aliphatic rings. The number of halogens is 1. The van der Waals surface area contributed by atoms with Gasteiger partial charge in [0.2, 0.25) is 0 Å². The van der Waals surface area contributed by atoms with E-state index in [4.69, 9.17) is 9.47 Å². The summed E-state index contributed by atoms with van der Waals surface area (Å²) in [5.41, 5.74) is 1.70. The molecule has 1 saturated heterocycles. The molecule has 1 heterocycles. The van der Waals surface area contributed by atoms with Gasteiger partial charge in [-0.05, 0) is 52.9 Å². The lowest BCUT2D eigenvalue weighted by molar-refractivity contribution is -0.144. The van der Waals surface area contributed by atoms with Gasteiger partial charge in [0.05, 0.1) is 7.11 Å². The third-order valence-corrected chi connectivity index (χ3v) is 4.51. The second-order valence-corrected chi connectivity index (χ2v) is 6.38. The zero-order valence-corrected chi connectivity index (χ0v) is 15.2. The fourth-order valence-corrected chi connectivity index (χ4v) is 3.01. The molecule has 1 aliphatic heterocycles. The summed E-state index contributed by atoms with van der Waals surface area (Å²) in [5.74, 6) is 1.33. The standard InChI is InChI=1S/C20H23FN2O4/c1-25-18-8-4-16(5-9-18)22-17-10-11-23(12-17)20(24)14-26-19-6-2-15(3-7-19)13-27-21/h2-9,17,22H,10-14H2,1H3. The summed E-state index contributed by atoms with van der Waals surface area (Å²) in [6.07, 6.45) is 0.885. The molecule has 2 aromatic carbocycles. The Labute approximate surface area is 157 Å². The molecule has 0 saturated carbocycles. The van der Waals surface area contributed by atoms with Crippen molar-refractivity contribution in [2.45, 2.75) is 19.1 Å². The van der Waals surface area contributed by atoms with Crippen molar-refractivity contribution in [3.63, 3.8) is 0 Å². The highest BCUT2D eigenvalue weighted by Crippen LogP contribution is 2.19. The van der Waals surface area contributed by atoms with Crippen molar-refractivity contribution in [1.29, 1.82) is 0 Å². The largest absolute Gasteiger partial charge is 0.497 e. The second kappa shape index (κ2) is 9.23. The van der Waals surface area contributed by atoms with Crippen LogP contribution in [-0.2, 0) is 16.3 Å². The molecule has 7 heteroatoms. The lowest BCUT2D eigenvalue weighted by Gasteiger charge is -2.18. The number of anilines is 1. The molecule has 0 aromatic heterocycles. The first-order chi connectivity index (χ1) is 13.2. The Bertz CT molecular complexity index is 737. The summed E-state index contributed by atoms with van der Waals surface area (Å²) in [6, 6.07) is 14.7. The molecule has 2 aromatic rings. The van der Waals surface area contributed by atoms with Gasteiger partial charge in [0.1, 0.15) is 18.1 Å². The first kappa shape index (κ1) is 19.0. The number of nitrogens with one attached hydrogen (secondary N) is 1. The van der Waals surface area contributed by atoms with E-state index in [2.05, 4.69) is 10.3 Å². The normalized spacial score (nSPS) is 16.2. The third-order valence-electron chi connectivity index (χ3n) is 4.51. The van der Waals surface area contributed by atoms with Crippen LogP contribution in [0.5, 0.6) is 11.5 Å². The molecule has 27 heavy (non-hydrogen) atoms. The molecular weight excluding hydrogens is 351 g/mol. The molecule has 1 unspecified atom stereocenters. The van der Waals surface area contributed by atoms with Gasteiger partial charge in [0.25, 0.3) is 5.91 Å². The number of methoxy groups -OCH3 is 1. The average Bonchev–Trinajstić information content (AvgIpc) is 3.17. The van der Waals surface area contributed by atoms with Crippen LogP contribution < -0.4 is 14.8 Å². The Kier molecular flexibility index (Phi) is 6.49. The predicted molar refractivity (Wildman–Crippen MR) is 99.4 cm³/mol. The maximum absolute atomic E-state index is 12.4. The van der Waals surface area contributed by atoms with E-state index in [1.54, 1.807) is 36.3 Å². The minimum Gasteiger partial charge on any atom is -0.497 e. The van der Waals surface area contributed by atoms with Crippen LogP contribution in [-0.4, -0.2) is 43.7 Å². The second-order valence-electron chi connectivity index (χ2n) is 6.38. The van der Waals surface area contributed by atoms with Gasteiger partial charge in [-0.25, -0.2) is 0 Å². The molecule has 3 rings (SSSR count). The summed E-state index contributed by atoms with van der Waals surface area (Å²) < 4.78 is 22.5. The zero-order valence-electron chi connectivity index (χ0n) is 15.2. The summed E-state index contributed by atoms with van der Waals surface area (Å²) >= 11 is 0. The van der Waals surface area contributed by atoms with E-state index in [9.17, 15) is 9.32 Å². The van der Waals surface area contributed by atoms with Crippen molar-refractivity contribution < 1.29 is 23.7 Å². The van der Waals surface area contributed by atoms with Crippen molar-refractivity contribution in [2.24, 2.45) is 0 Å². The number of amides is 1. The number of carbonyl (C=O) groups excluding carboxylic acids is 1. The minimum absolute atomic E-state index is 0.0196. The monoisotopic (exact) mass is 374 g/mol. The molecule has 0 radical (unpaired) electrons. The van der Waals surface area contributed by atoms with Crippen LogP contribution in [0, 0.1) is 0 Å². The Morgan fingerprint density at radius 2 is 1.85 bits per heavy atom. The molecule has 1 atom stereocenters. The van der Waals surface area contributed by atoms with Crippen LogP contribution in [0.1, 0.15) is 12.0 Å². The number of nitrogens with zero attached hydrogens (tertiary/aromatic N) is 1. The van der Waals surface area contributed by atoms with Crippen molar-refractivity contribution >= 4 is 11.6 Å². The van der Waals surface area contributed by atoms with Crippen molar-refractivity contribution in [3.8, 4) is 11.5 Å². The third kappa shape index (κ3) is 5.34. The topological polar surface area (TPSA) is 60.0 Å². The van der Waals surface area contributed by atoms with E-state index in [-0.39, 0.29) is 25.2 Å². The molecule has 1 amide bonds. The van der Waals surface area contributed by atoms with Crippen LogP contribution in [0.3, 0.4) is 0 Å². The average molecular weight is 374 g/mol. The predicted octanol–water partition coefficient (Wildman–Crippen LogP) is 3.19. The molecule has 0 bridgehead atoms. The van der Waals surface area contributed by atoms with Gasteiger partial charge >= 0.3 is 0 Å². The maximum Gasteiger partial charge on any atom is 0.260 e. The molecule has 6 nitrogen and oxygen atoms in total. The number of carbonyl (C=O) groups is 1. The smallest absolute Gasteiger partial charge is 0.260 e. The number of benzene rings is 2. The van der Waals surface area contributed by atoms with Crippen LogP contribution in [0.15, 0.2) is 48.5 Å². The van der Waals surface area contributed by atoms with Crippen molar-refractivity contribution in [2.75, 3.05) is 32.1 Å². The van der Waals surface area contributed by atoms with Crippen LogP contribution in [0.4, 0.5) is 10.2 Å². The fourth-order valence-electron chi connectivity index (χ4n) is 3.01. The number of hydrogen-bond donors (Lipinski definition) is 1. The number of likely N-dealkylation sites (tertiary alicyclic amines) is 1. The molecule has 1 N–H and O–H groups in total. The number of ether oxygens (including phenoxy) is 2. The lowest BCUT2D eigenvalue weighted by atomic mass is 10.2. The zero-order chi connectivity index (χ0) is 19.1. The minimum atomic E-state index is -0.102. The Balaban J connectivity index is 1.44. The number of hydrogen-bond acceptors (Lipinski definition) is 5. The SMILES string of the molecule is COc1ccc(NC2CCN(C(=O)COc3ccc(COF)cc3)C2)cc1. The van der Waals surface area contributed by atoms with Gasteiger partial charge in [0, 0.05) is 24.8 Å². The Morgan fingerprint density at radius 1 is 1.15 bits per heavy atom. The summed E-state index contributed by atoms with van der Waals surface area (Å²) in [5, 5.41) is 3.44.